The number of anilines is 1. The van der Waals surface area contributed by atoms with Crippen molar-refractivity contribution in [2.24, 2.45) is 0 Å². The van der Waals surface area contributed by atoms with Crippen molar-refractivity contribution in [1.29, 1.82) is 0 Å². The van der Waals surface area contributed by atoms with Crippen LogP contribution in [0.5, 0.6) is 5.75 Å². The third-order valence-corrected chi connectivity index (χ3v) is 3.47. The van der Waals surface area contributed by atoms with Crippen molar-refractivity contribution in [1.82, 2.24) is 9.97 Å². The van der Waals surface area contributed by atoms with Crippen molar-refractivity contribution in [2.75, 3.05) is 12.4 Å². The highest BCUT2D eigenvalue weighted by Crippen LogP contribution is 2.26. The fourth-order valence-electron chi connectivity index (χ4n) is 2.33. The van der Waals surface area contributed by atoms with E-state index in [1.54, 1.807) is 7.11 Å². The third kappa shape index (κ3) is 3.57. The Balaban J connectivity index is 2.08. The average Bonchev–Trinajstić information content (AvgIpc) is 2.62. The van der Waals surface area contributed by atoms with Crippen molar-refractivity contribution in [3.8, 4) is 28.3 Å². The molecule has 0 fully saturated rings. The molecule has 1 aromatic heterocycles. The minimum atomic E-state index is -0.208. The van der Waals surface area contributed by atoms with Gasteiger partial charge in [0.2, 0.25) is 11.9 Å². The largest absolute Gasteiger partial charge is 0.497 e. The molecular weight excluding hydrogens is 302 g/mol. The molecule has 1 amide bonds. The first-order valence-electron chi connectivity index (χ1n) is 7.52. The molecule has 0 saturated carbocycles. The molecule has 2 aromatic carbocycles. The first-order chi connectivity index (χ1) is 11.7. The minimum Gasteiger partial charge on any atom is -0.497 e. The summed E-state index contributed by atoms with van der Waals surface area (Å²) in [4.78, 5) is 20.3. The number of amides is 1. The summed E-state index contributed by atoms with van der Waals surface area (Å²) < 4.78 is 5.18. The second-order valence-corrected chi connectivity index (χ2v) is 5.24. The minimum absolute atomic E-state index is 0.208. The lowest BCUT2D eigenvalue weighted by atomic mass is 10.1. The second kappa shape index (κ2) is 6.91. The van der Waals surface area contributed by atoms with Gasteiger partial charge in [-0.15, -0.1) is 0 Å². The molecule has 0 aliphatic rings. The average molecular weight is 319 g/mol. The standard InChI is InChI=1S/C19H17N3O2/c1-13(23)20-19-21-17(14-6-4-3-5-7-14)12-18(22-19)15-8-10-16(24-2)11-9-15/h3-12H,1-2H3,(H,20,21,22,23). The van der Waals surface area contributed by atoms with Crippen molar-refractivity contribution in [3.63, 3.8) is 0 Å². The Bertz CT molecular complexity index is 846. The van der Waals surface area contributed by atoms with Gasteiger partial charge in [-0.1, -0.05) is 30.3 Å². The molecule has 0 atom stereocenters. The first kappa shape index (κ1) is 15.7. The molecule has 0 spiro atoms. The van der Waals surface area contributed by atoms with Gasteiger partial charge in [0, 0.05) is 18.1 Å². The van der Waals surface area contributed by atoms with Gasteiger partial charge in [-0.2, -0.15) is 0 Å². The van der Waals surface area contributed by atoms with Crippen LogP contribution in [0.2, 0.25) is 0 Å². The fraction of sp³-hybridized carbons (Fsp3) is 0.105. The SMILES string of the molecule is COc1ccc(-c2cc(-c3ccccc3)nc(NC(C)=O)n2)cc1. The number of carbonyl (C=O) groups excluding carboxylic acids is 1. The zero-order valence-electron chi connectivity index (χ0n) is 13.5. The molecule has 0 bridgehead atoms. The number of benzene rings is 2. The number of ether oxygens (including phenoxy) is 1. The van der Waals surface area contributed by atoms with Crippen molar-refractivity contribution < 1.29 is 9.53 Å². The molecule has 3 rings (SSSR count). The Kier molecular flexibility index (Phi) is 4.52. The lowest BCUT2D eigenvalue weighted by Gasteiger charge is -2.09. The molecule has 0 saturated heterocycles. The van der Waals surface area contributed by atoms with Crippen LogP contribution in [0.3, 0.4) is 0 Å². The van der Waals surface area contributed by atoms with Crippen molar-refractivity contribution in [2.45, 2.75) is 6.92 Å². The van der Waals surface area contributed by atoms with Crippen LogP contribution in [0.1, 0.15) is 6.92 Å². The zero-order valence-corrected chi connectivity index (χ0v) is 13.5. The van der Waals surface area contributed by atoms with Gasteiger partial charge in [-0.3, -0.25) is 10.1 Å². The second-order valence-electron chi connectivity index (χ2n) is 5.24. The van der Waals surface area contributed by atoms with Gasteiger partial charge in [-0.05, 0) is 30.3 Å². The molecule has 5 nitrogen and oxygen atoms in total. The number of carbonyl (C=O) groups is 1. The van der Waals surface area contributed by atoms with Gasteiger partial charge < -0.3 is 4.74 Å². The van der Waals surface area contributed by atoms with Crippen LogP contribution in [0, 0.1) is 0 Å². The van der Waals surface area contributed by atoms with Crippen LogP contribution in [0.25, 0.3) is 22.5 Å². The molecule has 3 aromatic rings. The number of rotatable bonds is 4. The van der Waals surface area contributed by atoms with Crippen LogP contribution >= 0.6 is 0 Å². The highest BCUT2D eigenvalue weighted by molar-refractivity contribution is 5.87. The molecule has 0 aliphatic heterocycles. The fourth-order valence-corrected chi connectivity index (χ4v) is 2.33. The summed E-state index contributed by atoms with van der Waals surface area (Å²) in [6, 6.07) is 19.3. The van der Waals surface area contributed by atoms with Crippen LogP contribution < -0.4 is 10.1 Å². The van der Waals surface area contributed by atoms with Gasteiger partial charge in [-0.25, -0.2) is 9.97 Å². The summed E-state index contributed by atoms with van der Waals surface area (Å²) in [5.74, 6) is 0.855. The van der Waals surface area contributed by atoms with E-state index in [1.165, 1.54) is 6.92 Å². The molecule has 1 heterocycles. The number of nitrogens with zero attached hydrogens (tertiary/aromatic N) is 2. The summed E-state index contributed by atoms with van der Waals surface area (Å²) in [6.07, 6.45) is 0. The van der Waals surface area contributed by atoms with Crippen molar-refractivity contribution in [3.05, 3.63) is 60.7 Å². The molecular formula is C19H17N3O2. The van der Waals surface area contributed by atoms with E-state index in [4.69, 9.17) is 4.74 Å². The van der Waals surface area contributed by atoms with E-state index in [0.717, 1.165) is 28.3 Å². The zero-order chi connectivity index (χ0) is 16.9. The smallest absolute Gasteiger partial charge is 0.230 e. The number of aromatic nitrogens is 2. The predicted octanol–water partition coefficient (Wildman–Crippen LogP) is 3.78. The van der Waals surface area contributed by atoms with E-state index in [0.29, 0.717) is 0 Å². The van der Waals surface area contributed by atoms with E-state index in [9.17, 15) is 4.79 Å². The van der Waals surface area contributed by atoms with Crippen LogP contribution in [-0.4, -0.2) is 23.0 Å². The Morgan fingerprint density at radius 3 is 2.04 bits per heavy atom. The van der Waals surface area contributed by atoms with Crippen LogP contribution in [0.4, 0.5) is 5.95 Å². The predicted molar refractivity (Wildman–Crippen MR) is 93.8 cm³/mol. The molecule has 24 heavy (non-hydrogen) atoms. The number of nitrogens with one attached hydrogen (secondary N) is 1. The normalized spacial score (nSPS) is 10.2. The van der Waals surface area contributed by atoms with E-state index in [2.05, 4.69) is 15.3 Å². The lowest BCUT2D eigenvalue weighted by Crippen LogP contribution is -2.10. The van der Waals surface area contributed by atoms with Gasteiger partial charge in [0.05, 0.1) is 18.5 Å². The van der Waals surface area contributed by atoms with Crippen LogP contribution in [0.15, 0.2) is 60.7 Å². The Hall–Kier alpha value is -3.21. The van der Waals surface area contributed by atoms with E-state index >= 15 is 0 Å². The molecule has 0 aliphatic carbocycles. The highest BCUT2D eigenvalue weighted by atomic mass is 16.5. The third-order valence-electron chi connectivity index (χ3n) is 3.47. The van der Waals surface area contributed by atoms with Crippen molar-refractivity contribution >= 4 is 11.9 Å². The topological polar surface area (TPSA) is 64.1 Å². The summed E-state index contributed by atoms with van der Waals surface area (Å²) in [6.45, 7) is 1.44. The summed E-state index contributed by atoms with van der Waals surface area (Å²) in [5.41, 5.74) is 3.36. The number of hydrogen-bond acceptors (Lipinski definition) is 4. The van der Waals surface area contributed by atoms with Gasteiger partial charge >= 0.3 is 0 Å². The van der Waals surface area contributed by atoms with E-state index in [1.807, 2.05) is 60.7 Å². The summed E-state index contributed by atoms with van der Waals surface area (Å²) in [7, 11) is 1.63. The lowest BCUT2D eigenvalue weighted by molar-refractivity contribution is -0.114. The summed E-state index contributed by atoms with van der Waals surface area (Å²) >= 11 is 0. The quantitative estimate of drug-likeness (QED) is 0.795. The maximum absolute atomic E-state index is 11.4. The monoisotopic (exact) mass is 319 g/mol. The van der Waals surface area contributed by atoms with E-state index < -0.39 is 0 Å². The molecule has 5 heteroatoms. The Labute approximate surface area is 140 Å². The van der Waals surface area contributed by atoms with E-state index in [-0.39, 0.29) is 11.9 Å². The molecule has 0 radical (unpaired) electrons. The molecule has 120 valence electrons. The summed E-state index contributed by atoms with van der Waals surface area (Å²) in [5, 5.41) is 2.66. The van der Waals surface area contributed by atoms with Gasteiger partial charge in [0.25, 0.3) is 0 Å². The highest BCUT2D eigenvalue weighted by Gasteiger charge is 2.09. The maximum atomic E-state index is 11.4. The van der Waals surface area contributed by atoms with Gasteiger partial charge in [0.1, 0.15) is 5.75 Å². The van der Waals surface area contributed by atoms with Gasteiger partial charge in [0.15, 0.2) is 0 Å². The Morgan fingerprint density at radius 1 is 0.917 bits per heavy atom. The van der Waals surface area contributed by atoms with Crippen LogP contribution in [-0.2, 0) is 4.79 Å². The molecule has 1 N–H and O–H groups in total. The number of methoxy groups -OCH3 is 1. The Morgan fingerprint density at radius 2 is 1.50 bits per heavy atom. The number of hydrogen-bond donors (Lipinski definition) is 1. The maximum Gasteiger partial charge on any atom is 0.230 e. The first-order valence-corrected chi connectivity index (χ1v) is 7.52. The molecule has 0 unspecified atom stereocenters.